The number of carboxylic acid groups (broad SMARTS) is 1. The van der Waals surface area contributed by atoms with Gasteiger partial charge in [-0.15, -0.1) is 0 Å². The van der Waals surface area contributed by atoms with Gasteiger partial charge in [-0.05, 0) is 0 Å². The normalized spacial score (nSPS) is 17.0. The van der Waals surface area contributed by atoms with Gasteiger partial charge < -0.3 is 0 Å². The van der Waals surface area contributed by atoms with E-state index in [1.807, 2.05) is 36.4 Å². The summed E-state index contributed by atoms with van der Waals surface area (Å²) in [5.74, 6) is 2.37. The molecular weight excluding hydrogens is 427 g/mol. The van der Waals surface area contributed by atoms with Crippen molar-refractivity contribution in [1.29, 1.82) is 0 Å². The Kier molecular flexibility index (Phi) is 5.94. The predicted molar refractivity (Wildman–Crippen MR) is 119 cm³/mol. The van der Waals surface area contributed by atoms with Crippen molar-refractivity contribution in [3.8, 4) is 16.5 Å². The molecule has 0 amide bonds. The van der Waals surface area contributed by atoms with E-state index in [4.69, 9.17) is 5.11 Å². The number of rotatable bonds is 3. The number of phenols is 1. The van der Waals surface area contributed by atoms with Crippen molar-refractivity contribution in [2.75, 3.05) is 0 Å². The van der Waals surface area contributed by atoms with Gasteiger partial charge in [0.15, 0.2) is 0 Å². The van der Waals surface area contributed by atoms with Gasteiger partial charge in [0.2, 0.25) is 0 Å². The van der Waals surface area contributed by atoms with Crippen LogP contribution in [-0.2, 0) is 15.6 Å². The SMILES string of the molecule is CC1(C)CCC(C)(C)c2c(O)cc([Se]C#C/C(=C/C(=O)O)c3ccccc3)cc21. The van der Waals surface area contributed by atoms with Gasteiger partial charge in [-0.25, -0.2) is 0 Å². The van der Waals surface area contributed by atoms with Crippen LogP contribution in [0.15, 0.2) is 48.5 Å². The molecule has 0 fully saturated rings. The molecule has 3 nitrogen and oxygen atoms in total. The van der Waals surface area contributed by atoms with E-state index in [1.54, 1.807) is 0 Å². The van der Waals surface area contributed by atoms with E-state index >= 15 is 0 Å². The number of benzene rings is 2. The Labute approximate surface area is 179 Å². The molecule has 3 rings (SSSR count). The van der Waals surface area contributed by atoms with Gasteiger partial charge >= 0.3 is 179 Å². The second-order valence-electron chi connectivity index (χ2n) is 8.72. The number of fused-ring (bicyclic) bond motifs is 1. The average molecular weight is 453 g/mol. The Morgan fingerprint density at radius 2 is 1.72 bits per heavy atom. The summed E-state index contributed by atoms with van der Waals surface area (Å²) in [6.45, 7) is 8.83. The van der Waals surface area contributed by atoms with Gasteiger partial charge in [0.1, 0.15) is 0 Å². The molecule has 0 bridgehead atoms. The first-order valence-electron chi connectivity index (χ1n) is 9.66. The summed E-state index contributed by atoms with van der Waals surface area (Å²) in [5, 5.41) is 19.9. The van der Waals surface area contributed by atoms with Crippen LogP contribution >= 0.6 is 0 Å². The maximum atomic E-state index is 11.2. The second-order valence-corrected chi connectivity index (χ2v) is 10.6. The third-order valence-corrected chi connectivity index (χ3v) is 7.00. The number of aromatic hydroxyl groups is 1. The van der Waals surface area contributed by atoms with Crippen molar-refractivity contribution in [2.45, 2.75) is 51.4 Å². The standard InChI is InChI=1S/C25H26O3Se/c1-24(2)11-12-25(3,4)23-20(24)15-19(16-21(23)26)29-13-10-18(14-22(27)28)17-8-6-5-7-9-17/h5-9,14-16,26H,11-12H2,1-4H3,(H,27,28)/b18-14-. The zero-order valence-electron chi connectivity index (χ0n) is 17.2. The summed E-state index contributed by atoms with van der Waals surface area (Å²) in [6, 6.07) is 13.3. The molecule has 0 atom stereocenters. The maximum absolute atomic E-state index is 11.2. The summed E-state index contributed by atoms with van der Waals surface area (Å²) in [5.41, 5.74) is 3.50. The number of aliphatic carboxylic acids is 1. The monoisotopic (exact) mass is 454 g/mol. The first-order valence-corrected chi connectivity index (χ1v) is 11.4. The molecule has 2 aromatic carbocycles. The molecule has 0 spiro atoms. The van der Waals surface area contributed by atoms with Crippen molar-refractivity contribution < 1.29 is 15.0 Å². The van der Waals surface area contributed by atoms with Crippen LogP contribution in [0.1, 0.15) is 57.2 Å². The minimum atomic E-state index is -1.01. The molecule has 150 valence electrons. The number of carboxylic acids is 1. The molecule has 29 heavy (non-hydrogen) atoms. The van der Waals surface area contributed by atoms with Gasteiger partial charge in [0.05, 0.1) is 0 Å². The fraction of sp³-hybridized carbons (Fsp3) is 0.320. The van der Waals surface area contributed by atoms with E-state index in [-0.39, 0.29) is 25.8 Å². The van der Waals surface area contributed by atoms with Crippen LogP contribution in [0.25, 0.3) is 5.57 Å². The summed E-state index contributed by atoms with van der Waals surface area (Å²) in [4.78, 5) is 14.3. The quantitative estimate of drug-likeness (QED) is 0.416. The summed E-state index contributed by atoms with van der Waals surface area (Å²) < 4.78 is 1.01. The molecule has 0 unspecified atom stereocenters. The molecule has 1 aliphatic carbocycles. The first-order chi connectivity index (χ1) is 13.6. The van der Waals surface area contributed by atoms with E-state index in [1.165, 1.54) is 5.56 Å². The van der Waals surface area contributed by atoms with Gasteiger partial charge in [-0.3, -0.25) is 0 Å². The third-order valence-electron chi connectivity index (χ3n) is 5.58. The fourth-order valence-corrected chi connectivity index (χ4v) is 5.18. The third kappa shape index (κ3) is 4.75. The van der Waals surface area contributed by atoms with Crippen LogP contribution in [0.3, 0.4) is 0 Å². The van der Waals surface area contributed by atoms with Gasteiger partial charge in [-0.1, -0.05) is 0 Å². The molecule has 2 aromatic rings. The number of phenolic OH excluding ortho intramolecular Hbond substituents is 1. The molecule has 0 heterocycles. The van der Waals surface area contributed by atoms with Crippen molar-refractivity contribution in [3.05, 3.63) is 65.2 Å². The molecule has 0 aliphatic heterocycles. The van der Waals surface area contributed by atoms with Crippen LogP contribution in [0, 0.1) is 10.7 Å². The number of hydrogen-bond donors (Lipinski definition) is 2. The zero-order chi connectivity index (χ0) is 21.2. The molecule has 2 N–H and O–H groups in total. The summed E-state index contributed by atoms with van der Waals surface area (Å²) in [6.07, 6.45) is 3.27. The number of allylic oxidation sites excluding steroid dienone is 1. The number of carbonyl (C=O) groups is 1. The van der Waals surface area contributed by atoms with Crippen LogP contribution in [0.2, 0.25) is 0 Å². The van der Waals surface area contributed by atoms with Crippen molar-refractivity contribution in [1.82, 2.24) is 0 Å². The average Bonchev–Trinajstić information content (AvgIpc) is 2.65. The molecular formula is C25H26O3Se. The fourth-order valence-electron chi connectivity index (χ4n) is 3.86. The van der Waals surface area contributed by atoms with Crippen LogP contribution in [-0.4, -0.2) is 31.1 Å². The molecule has 1 aliphatic rings. The molecule has 0 saturated heterocycles. The predicted octanol–water partition coefficient (Wildman–Crippen LogP) is 4.20. The van der Waals surface area contributed by atoms with Crippen molar-refractivity contribution in [3.63, 3.8) is 0 Å². The first kappa shape index (κ1) is 21.2. The zero-order valence-corrected chi connectivity index (χ0v) is 19.0. The van der Waals surface area contributed by atoms with Crippen molar-refractivity contribution >= 4 is 31.0 Å². The second kappa shape index (κ2) is 8.11. The molecule has 0 saturated carbocycles. The van der Waals surface area contributed by atoms with Crippen LogP contribution in [0.4, 0.5) is 0 Å². The molecule has 0 aromatic heterocycles. The number of hydrogen-bond acceptors (Lipinski definition) is 2. The Bertz CT molecular complexity index is 1020. The Balaban J connectivity index is 1.95. The van der Waals surface area contributed by atoms with E-state index in [0.29, 0.717) is 11.3 Å². The Morgan fingerprint density at radius 3 is 2.38 bits per heavy atom. The van der Waals surface area contributed by atoms with E-state index in [2.05, 4.69) is 44.5 Å². The summed E-state index contributed by atoms with van der Waals surface area (Å²) >= 11 is -0.198. The van der Waals surface area contributed by atoms with Gasteiger partial charge in [-0.2, -0.15) is 0 Å². The van der Waals surface area contributed by atoms with Gasteiger partial charge in [0, 0.05) is 0 Å². The summed E-state index contributed by atoms with van der Waals surface area (Å²) in [7, 11) is 0. The van der Waals surface area contributed by atoms with Gasteiger partial charge in [0.25, 0.3) is 0 Å². The van der Waals surface area contributed by atoms with E-state index in [0.717, 1.165) is 34.5 Å². The van der Waals surface area contributed by atoms with Crippen LogP contribution in [0.5, 0.6) is 5.75 Å². The topological polar surface area (TPSA) is 57.5 Å². The Morgan fingerprint density at radius 1 is 1.07 bits per heavy atom. The van der Waals surface area contributed by atoms with E-state index < -0.39 is 5.97 Å². The van der Waals surface area contributed by atoms with Crippen LogP contribution < -0.4 is 4.46 Å². The minimum absolute atomic E-state index is 0.0141. The van der Waals surface area contributed by atoms with Crippen molar-refractivity contribution in [2.24, 2.45) is 0 Å². The Hall–Kier alpha value is -2.47. The molecule has 4 heteroatoms. The van der Waals surface area contributed by atoms with E-state index in [9.17, 15) is 9.90 Å². The molecule has 0 radical (unpaired) electrons.